The van der Waals surface area contributed by atoms with Gasteiger partial charge in [0.15, 0.2) is 11.5 Å². The highest BCUT2D eigenvalue weighted by Crippen LogP contribution is 2.35. The van der Waals surface area contributed by atoms with E-state index >= 15 is 0 Å². The Morgan fingerprint density at radius 2 is 2.06 bits per heavy atom. The van der Waals surface area contributed by atoms with E-state index in [1.807, 2.05) is 19.1 Å². The highest BCUT2D eigenvalue weighted by atomic mass is 79.9. The predicted octanol–water partition coefficient (Wildman–Crippen LogP) is 3.39. The summed E-state index contributed by atoms with van der Waals surface area (Å²) in [7, 11) is 2.08. The van der Waals surface area contributed by atoms with E-state index in [1.165, 1.54) is 0 Å². The van der Waals surface area contributed by atoms with Gasteiger partial charge in [-0.05, 0) is 61.4 Å². The Morgan fingerprint density at radius 1 is 1.41 bits per heavy atom. The van der Waals surface area contributed by atoms with Crippen molar-refractivity contribution in [2.24, 2.45) is 0 Å². The molecule has 1 aromatic rings. The molecule has 3 nitrogen and oxygen atoms in total. The Bertz CT molecular complexity index is 380. The Morgan fingerprint density at radius 3 is 2.59 bits per heavy atom. The molecule has 0 aliphatic heterocycles. The number of rotatable bonds is 5. The van der Waals surface area contributed by atoms with E-state index in [4.69, 9.17) is 4.74 Å². The van der Waals surface area contributed by atoms with Crippen LogP contribution in [0.2, 0.25) is 0 Å². The molecule has 0 aliphatic rings. The second kappa shape index (κ2) is 6.26. The molecule has 17 heavy (non-hydrogen) atoms. The first-order valence-corrected chi connectivity index (χ1v) is 6.59. The van der Waals surface area contributed by atoms with Gasteiger partial charge in [-0.25, -0.2) is 0 Å². The summed E-state index contributed by atoms with van der Waals surface area (Å²) in [4.78, 5) is 2.23. The molecule has 4 heteroatoms. The second-order valence-electron chi connectivity index (χ2n) is 4.37. The van der Waals surface area contributed by atoms with Gasteiger partial charge in [-0.2, -0.15) is 0 Å². The van der Waals surface area contributed by atoms with Crippen LogP contribution in [0.15, 0.2) is 16.6 Å². The summed E-state index contributed by atoms with van der Waals surface area (Å²) in [5.41, 5.74) is 1.12. The number of phenols is 1. The van der Waals surface area contributed by atoms with Gasteiger partial charge in [0.25, 0.3) is 0 Å². The number of hydrogen-bond donors (Lipinski definition) is 1. The maximum absolute atomic E-state index is 9.81. The van der Waals surface area contributed by atoms with Crippen LogP contribution in [0, 0.1) is 0 Å². The van der Waals surface area contributed by atoms with E-state index in [-0.39, 0.29) is 5.75 Å². The molecule has 0 heterocycles. The zero-order valence-corrected chi connectivity index (χ0v) is 12.4. The number of halogens is 1. The molecule has 1 aromatic carbocycles. The lowest BCUT2D eigenvalue weighted by molar-refractivity contribution is 0.264. The fourth-order valence-electron chi connectivity index (χ4n) is 1.45. The van der Waals surface area contributed by atoms with Gasteiger partial charge in [0, 0.05) is 12.6 Å². The number of nitrogens with zero attached hydrogens (tertiary/aromatic N) is 1. The van der Waals surface area contributed by atoms with Gasteiger partial charge in [0.1, 0.15) is 0 Å². The smallest absolute Gasteiger partial charge is 0.172 e. The molecule has 0 bridgehead atoms. The summed E-state index contributed by atoms with van der Waals surface area (Å²) in [5, 5.41) is 9.81. The van der Waals surface area contributed by atoms with E-state index < -0.39 is 0 Å². The third-order valence-corrected chi connectivity index (χ3v) is 3.31. The van der Waals surface area contributed by atoms with Crippen LogP contribution >= 0.6 is 15.9 Å². The van der Waals surface area contributed by atoms with Crippen LogP contribution in [0.3, 0.4) is 0 Å². The predicted molar refractivity (Wildman–Crippen MR) is 73.6 cm³/mol. The molecule has 0 fully saturated rings. The lowest BCUT2D eigenvalue weighted by Gasteiger charge is -2.21. The van der Waals surface area contributed by atoms with Crippen molar-refractivity contribution in [3.8, 4) is 11.5 Å². The summed E-state index contributed by atoms with van der Waals surface area (Å²) in [6.07, 6.45) is 0. The normalized spacial score (nSPS) is 11.2. The molecule has 96 valence electrons. The molecule has 0 saturated carbocycles. The van der Waals surface area contributed by atoms with E-state index in [2.05, 4.69) is 41.7 Å². The molecule has 0 aliphatic carbocycles. The van der Waals surface area contributed by atoms with Gasteiger partial charge < -0.3 is 9.84 Å². The van der Waals surface area contributed by atoms with Gasteiger partial charge >= 0.3 is 0 Å². The van der Waals surface area contributed by atoms with Gasteiger partial charge in [-0.1, -0.05) is 0 Å². The average molecular weight is 302 g/mol. The molecule has 1 rings (SSSR count). The van der Waals surface area contributed by atoms with Crippen LogP contribution in [0.1, 0.15) is 26.3 Å². The Balaban J connectivity index is 2.94. The lowest BCUT2D eigenvalue weighted by atomic mass is 10.1. The van der Waals surface area contributed by atoms with Crippen LogP contribution in [0.25, 0.3) is 0 Å². The minimum atomic E-state index is 0.169. The number of hydrogen-bond acceptors (Lipinski definition) is 3. The molecule has 0 spiro atoms. The van der Waals surface area contributed by atoms with Crippen molar-refractivity contribution < 1.29 is 9.84 Å². The number of ether oxygens (including phenoxy) is 1. The third kappa shape index (κ3) is 3.89. The van der Waals surface area contributed by atoms with Gasteiger partial charge in [0.2, 0.25) is 0 Å². The zero-order chi connectivity index (χ0) is 13.0. The highest BCUT2D eigenvalue weighted by Gasteiger charge is 2.11. The maximum atomic E-state index is 9.81. The van der Waals surface area contributed by atoms with Crippen molar-refractivity contribution in [3.05, 3.63) is 22.2 Å². The van der Waals surface area contributed by atoms with Crippen molar-refractivity contribution in [2.45, 2.75) is 33.4 Å². The summed E-state index contributed by atoms with van der Waals surface area (Å²) >= 11 is 3.35. The van der Waals surface area contributed by atoms with Crippen molar-refractivity contribution in [1.29, 1.82) is 0 Å². The SMILES string of the molecule is CCOc1cc(CN(C)C(C)C)cc(Br)c1O. The fourth-order valence-corrected chi connectivity index (χ4v) is 1.94. The molecule has 0 unspecified atom stereocenters. The minimum Gasteiger partial charge on any atom is -0.503 e. The van der Waals surface area contributed by atoms with Crippen LogP contribution in [-0.2, 0) is 6.54 Å². The standard InChI is InChI=1S/C13H20BrNO2/c1-5-17-12-7-10(6-11(14)13(12)16)8-15(4)9(2)3/h6-7,9,16H,5,8H2,1-4H3. The molecule has 0 atom stereocenters. The van der Waals surface area contributed by atoms with Crippen LogP contribution in [0.5, 0.6) is 11.5 Å². The first kappa shape index (κ1) is 14.3. The van der Waals surface area contributed by atoms with Gasteiger partial charge in [0.05, 0.1) is 11.1 Å². The summed E-state index contributed by atoms with van der Waals surface area (Å²) in [6.45, 7) is 7.58. The zero-order valence-electron chi connectivity index (χ0n) is 10.8. The topological polar surface area (TPSA) is 32.7 Å². The van der Waals surface area contributed by atoms with Crippen LogP contribution in [0.4, 0.5) is 0 Å². The molecule has 0 amide bonds. The second-order valence-corrected chi connectivity index (χ2v) is 5.22. The quantitative estimate of drug-likeness (QED) is 0.905. The minimum absolute atomic E-state index is 0.169. The first-order chi connectivity index (χ1) is 7.95. The van der Waals surface area contributed by atoms with Gasteiger partial charge in [-0.15, -0.1) is 0 Å². The molecular weight excluding hydrogens is 282 g/mol. The van der Waals surface area contributed by atoms with E-state index in [0.29, 0.717) is 22.9 Å². The number of aromatic hydroxyl groups is 1. The summed E-state index contributed by atoms with van der Waals surface area (Å²) < 4.78 is 6.08. The third-order valence-electron chi connectivity index (χ3n) is 2.70. The Kier molecular flexibility index (Phi) is 5.28. The first-order valence-electron chi connectivity index (χ1n) is 5.80. The van der Waals surface area contributed by atoms with Crippen molar-refractivity contribution in [3.63, 3.8) is 0 Å². The van der Waals surface area contributed by atoms with Crippen molar-refractivity contribution in [1.82, 2.24) is 4.90 Å². The van der Waals surface area contributed by atoms with Crippen molar-refractivity contribution in [2.75, 3.05) is 13.7 Å². The number of phenolic OH excluding ortho intramolecular Hbond substituents is 1. The molecule has 0 saturated heterocycles. The summed E-state index contributed by atoms with van der Waals surface area (Å²) in [6, 6.07) is 4.30. The monoisotopic (exact) mass is 301 g/mol. The van der Waals surface area contributed by atoms with E-state index in [9.17, 15) is 5.11 Å². The van der Waals surface area contributed by atoms with Crippen molar-refractivity contribution >= 4 is 15.9 Å². The average Bonchev–Trinajstić information content (AvgIpc) is 2.25. The summed E-state index contributed by atoms with van der Waals surface area (Å²) in [5.74, 6) is 0.705. The number of benzene rings is 1. The largest absolute Gasteiger partial charge is 0.503 e. The Labute approximate surface area is 112 Å². The molecular formula is C13H20BrNO2. The van der Waals surface area contributed by atoms with Crippen LogP contribution < -0.4 is 4.74 Å². The molecule has 0 radical (unpaired) electrons. The van der Waals surface area contributed by atoms with E-state index in [0.717, 1.165) is 12.1 Å². The lowest BCUT2D eigenvalue weighted by Crippen LogP contribution is -2.25. The maximum Gasteiger partial charge on any atom is 0.172 e. The molecule has 1 N–H and O–H groups in total. The van der Waals surface area contributed by atoms with E-state index in [1.54, 1.807) is 0 Å². The fraction of sp³-hybridized carbons (Fsp3) is 0.538. The molecule has 0 aromatic heterocycles. The highest BCUT2D eigenvalue weighted by molar-refractivity contribution is 9.10. The Hall–Kier alpha value is -0.740. The van der Waals surface area contributed by atoms with Crippen LogP contribution in [-0.4, -0.2) is 29.7 Å². The van der Waals surface area contributed by atoms with Gasteiger partial charge in [-0.3, -0.25) is 4.90 Å².